The minimum absolute atomic E-state index is 0.234. The number of para-hydroxylation sites is 1. The average molecular weight is 637 g/mol. The van der Waals surface area contributed by atoms with E-state index in [0.717, 1.165) is 16.9 Å². The second-order valence-corrected chi connectivity index (χ2v) is 14.1. The highest BCUT2D eigenvalue weighted by molar-refractivity contribution is 6.04. The van der Waals surface area contributed by atoms with Crippen LogP contribution in [0.5, 0.6) is 11.5 Å². The van der Waals surface area contributed by atoms with Gasteiger partial charge >= 0.3 is 0 Å². The summed E-state index contributed by atoms with van der Waals surface area (Å²) in [5.41, 5.74) is 15.9. The van der Waals surface area contributed by atoms with Crippen LogP contribution in [0.2, 0.25) is 0 Å². The van der Waals surface area contributed by atoms with E-state index in [-0.39, 0.29) is 5.41 Å². The van der Waals surface area contributed by atoms with Crippen LogP contribution in [0.15, 0.2) is 176 Å². The molecule has 1 aliphatic heterocycles. The number of hydrogen-bond donors (Lipinski definition) is 0. The molecule has 8 aromatic carbocycles. The van der Waals surface area contributed by atoms with E-state index in [1.807, 2.05) is 0 Å². The predicted octanol–water partition coefficient (Wildman–Crippen LogP) is 12.3. The Morgan fingerprint density at radius 2 is 0.920 bits per heavy atom. The molecule has 0 amide bonds. The quantitative estimate of drug-likeness (QED) is 0.183. The van der Waals surface area contributed by atoms with Gasteiger partial charge in [-0.1, -0.05) is 158 Å². The summed E-state index contributed by atoms with van der Waals surface area (Å²) in [4.78, 5) is 0. The van der Waals surface area contributed by atoms with Gasteiger partial charge in [0, 0.05) is 21.9 Å². The van der Waals surface area contributed by atoms with Crippen molar-refractivity contribution in [3.8, 4) is 44.9 Å². The Labute approximate surface area is 292 Å². The van der Waals surface area contributed by atoms with E-state index >= 15 is 0 Å². The van der Waals surface area contributed by atoms with E-state index < -0.39 is 5.41 Å². The van der Waals surface area contributed by atoms with Gasteiger partial charge in [-0.3, -0.25) is 0 Å². The molecule has 0 saturated carbocycles. The maximum atomic E-state index is 7.00. The van der Waals surface area contributed by atoms with Crippen molar-refractivity contribution in [3.05, 3.63) is 215 Å². The maximum absolute atomic E-state index is 7.00. The first-order valence-corrected chi connectivity index (χ1v) is 17.5. The van der Waals surface area contributed by atoms with Crippen LogP contribution < -0.4 is 4.74 Å². The van der Waals surface area contributed by atoms with Gasteiger partial charge in [-0.2, -0.15) is 0 Å². The molecule has 3 aliphatic rings. The molecular weight excluding hydrogens is 605 g/mol. The van der Waals surface area contributed by atoms with Crippen molar-refractivity contribution in [2.24, 2.45) is 0 Å². The topological polar surface area (TPSA) is 9.23 Å². The molecule has 1 heteroatoms. The summed E-state index contributed by atoms with van der Waals surface area (Å²) in [6, 6.07) is 64.9. The Hall–Kier alpha value is -6.18. The number of rotatable bonds is 2. The van der Waals surface area contributed by atoms with Gasteiger partial charge in [-0.25, -0.2) is 0 Å². The molecule has 0 fully saturated rings. The van der Waals surface area contributed by atoms with Crippen LogP contribution in [0.3, 0.4) is 0 Å². The third-order valence-corrected chi connectivity index (χ3v) is 11.8. The molecule has 1 atom stereocenters. The summed E-state index contributed by atoms with van der Waals surface area (Å²) < 4.78 is 7.00. The summed E-state index contributed by atoms with van der Waals surface area (Å²) in [5.74, 6) is 1.86. The molecule has 0 aromatic heterocycles. The van der Waals surface area contributed by atoms with Gasteiger partial charge in [0.05, 0.1) is 5.41 Å². The molecule has 11 rings (SSSR count). The predicted molar refractivity (Wildman–Crippen MR) is 204 cm³/mol. The van der Waals surface area contributed by atoms with Gasteiger partial charge in [-0.05, 0) is 91.7 Å². The number of ether oxygens (including phenoxy) is 1. The van der Waals surface area contributed by atoms with E-state index in [9.17, 15) is 0 Å². The fraction of sp³-hybridized carbons (Fsp3) is 0.0612. The Morgan fingerprint density at radius 3 is 1.64 bits per heavy atom. The van der Waals surface area contributed by atoms with E-state index in [1.165, 1.54) is 77.7 Å². The lowest BCUT2D eigenvalue weighted by atomic mass is 9.65. The third-order valence-electron chi connectivity index (χ3n) is 11.8. The van der Waals surface area contributed by atoms with Crippen molar-refractivity contribution < 1.29 is 4.74 Å². The number of benzene rings is 8. The van der Waals surface area contributed by atoms with E-state index in [1.54, 1.807) is 0 Å². The SMILES string of the molecule is CC1(c2ccccc2)c2ccccc2-c2cc(-c3cc4c(c5ccccc35)Oc3ccccc3C43c4ccccc4-c4ccccc43)ccc21. The Kier molecular flexibility index (Phi) is 5.51. The third kappa shape index (κ3) is 3.37. The zero-order valence-corrected chi connectivity index (χ0v) is 27.7. The highest BCUT2D eigenvalue weighted by Crippen LogP contribution is 2.64. The lowest BCUT2D eigenvalue weighted by molar-refractivity contribution is 0.442. The molecule has 8 aromatic rings. The molecule has 234 valence electrons. The zero-order valence-electron chi connectivity index (χ0n) is 27.7. The van der Waals surface area contributed by atoms with Crippen LogP contribution in [-0.2, 0) is 10.8 Å². The number of fused-ring (bicyclic) bond motifs is 14. The molecule has 1 spiro atoms. The van der Waals surface area contributed by atoms with Crippen LogP contribution in [-0.4, -0.2) is 0 Å². The molecule has 1 heterocycles. The van der Waals surface area contributed by atoms with Crippen molar-refractivity contribution in [1.29, 1.82) is 0 Å². The first-order valence-electron chi connectivity index (χ1n) is 17.5. The molecule has 2 aliphatic carbocycles. The first-order chi connectivity index (χ1) is 24.7. The summed E-state index contributed by atoms with van der Waals surface area (Å²) in [7, 11) is 0. The lowest BCUT2D eigenvalue weighted by Crippen LogP contribution is -2.32. The lowest BCUT2D eigenvalue weighted by Gasteiger charge is -2.40. The monoisotopic (exact) mass is 636 g/mol. The highest BCUT2D eigenvalue weighted by atomic mass is 16.5. The zero-order chi connectivity index (χ0) is 33.0. The van der Waals surface area contributed by atoms with Crippen molar-refractivity contribution in [2.75, 3.05) is 0 Å². The average Bonchev–Trinajstić information content (AvgIpc) is 3.62. The van der Waals surface area contributed by atoms with E-state index in [2.05, 4.69) is 183 Å². The molecule has 0 bridgehead atoms. The summed E-state index contributed by atoms with van der Waals surface area (Å²) in [6.45, 7) is 2.38. The first kappa shape index (κ1) is 27.7. The Balaban J connectivity index is 1.23. The molecule has 1 nitrogen and oxygen atoms in total. The minimum Gasteiger partial charge on any atom is -0.456 e. The molecule has 0 radical (unpaired) electrons. The van der Waals surface area contributed by atoms with Gasteiger partial charge in [0.1, 0.15) is 11.5 Å². The summed E-state index contributed by atoms with van der Waals surface area (Å²) in [5, 5.41) is 2.32. The largest absolute Gasteiger partial charge is 0.456 e. The molecule has 1 unspecified atom stereocenters. The van der Waals surface area contributed by atoms with Crippen LogP contribution in [0.25, 0.3) is 44.2 Å². The van der Waals surface area contributed by atoms with E-state index in [4.69, 9.17) is 4.74 Å². The Bertz CT molecular complexity index is 2660. The second-order valence-electron chi connectivity index (χ2n) is 14.1. The van der Waals surface area contributed by atoms with Crippen molar-refractivity contribution in [1.82, 2.24) is 0 Å². The van der Waals surface area contributed by atoms with Crippen molar-refractivity contribution in [2.45, 2.75) is 17.8 Å². The highest BCUT2D eigenvalue weighted by Gasteiger charge is 2.51. The van der Waals surface area contributed by atoms with Gasteiger partial charge < -0.3 is 4.74 Å². The molecular formula is C49H32O. The second kappa shape index (κ2) is 9.94. The summed E-state index contributed by atoms with van der Waals surface area (Å²) >= 11 is 0. The smallest absolute Gasteiger partial charge is 0.140 e. The number of hydrogen-bond acceptors (Lipinski definition) is 1. The Morgan fingerprint density at radius 1 is 0.380 bits per heavy atom. The van der Waals surface area contributed by atoms with Gasteiger partial charge in [0.2, 0.25) is 0 Å². The fourth-order valence-electron chi connectivity index (χ4n) is 9.66. The van der Waals surface area contributed by atoms with Gasteiger partial charge in [0.15, 0.2) is 0 Å². The van der Waals surface area contributed by atoms with Crippen LogP contribution in [0.1, 0.15) is 45.9 Å². The standard InChI is InChI=1S/C49H32O/c1-48(32-15-3-2-4-16-32)40-22-10-7-20-36(40)39-29-31(27-28-41(39)48)38-30-45-47(37-21-6-5-17-33(37)38)50-46-26-14-13-25-44(46)49(45)42-23-11-8-18-34(42)35-19-9-12-24-43(35)49/h2-30H,1H3. The normalized spacial score (nSPS) is 16.9. The van der Waals surface area contributed by atoms with Gasteiger partial charge in [-0.15, -0.1) is 0 Å². The fourth-order valence-corrected chi connectivity index (χ4v) is 9.66. The van der Waals surface area contributed by atoms with Crippen LogP contribution in [0.4, 0.5) is 0 Å². The van der Waals surface area contributed by atoms with Crippen LogP contribution >= 0.6 is 0 Å². The van der Waals surface area contributed by atoms with Crippen LogP contribution in [0, 0.1) is 0 Å². The molecule has 50 heavy (non-hydrogen) atoms. The molecule has 0 saturated heterocycles. The minimum atomic E-state index is -0.522. The van der Waals surface area contributed by atoms with Crippen molar-refractivity contribution in [3.63, 3.8) is 0 Å². The maximum Gasteiger partial charge on any atom is 0.140 e. The van der Waals surface area contributed by atoms with E-state index in [0.29, 0.717) is 0 Å². The summed E-state index contributed by atoms with van der Waals surface area (Å²) in [6.07, 6.45) is 0. The van der Waals surface area contributed by atoms with Gasteiger partial charge in [0.25, 0.3) is 0 Å². The van der Waals surface area contributed by atoms with Crippen molar-refractivity contribution >= 4 is 10.8 Å². The molecule has 0 N–H and O–H groups in total.